The Labute approximate surface area is 200 Å². The molecule has 0 aliphatic carbocycles. The molecule has 1 heterocycles. The number of fused-ring (bicyclic) bond motifs is 1. The number of methoxy groups -OCH3 is 2. The zero-order chi connectivity index (χ0) is 23.9. The first-order valence-corrected chi connectivity index (χ1v) is 11.3. The first kappa shape index (κ1) is 23.2. The maximum atomic E-state index is 6.34. The summed E-state index contributed by atoms with van der Waals surface area (Å²) in [7, 11) is 3.23. The van der Waals surface area contributed by atoms with E-state index >= 15 is 0 Å². The van der Waals surface area contributed by atoms with Crippen LogP contribution in [0.4, 0.5) is 5.69 Å². The Morgan fingerprint density at radius 3 is 2.32 bits per heavy atom. The van der Waals surface area contributed by atoms with Gasteiger partial charge in [-0.25, -0.2) is 0 Å². The molecule has 6 heteroatoms. The molecule has 4 rings (SSSR count). The third-order valence-corrected chi connectivity index (χ3v) is 5.81. The number of rotatable bonds is 10. The van der Waals surface area contributed by atoms with Crippen molar-refractivity contribution >= 4 is 16.6 Å². The van der Waals surface area contributed by atoms with E-state index in [4.69, 9.17) is 18.9 Å². The van der Waals surface area contributed by atoms with E-state index < -0.39 is 0 Å². The van der Waals surface area contributed by atoms with Crippen LogP contribution in [0.1, 0.15) is 17.5 Å². The second-order valence-electron chi connectivity index (χ2n) is 7.94. The van der Waals surface area contributed by atoms with Crippen LogP contribution in [0.5, 0.6) is 28.7 Å². The zero-order valence-electron chi connectivity index (χ0n) is 20.1. The zero-order valence-corrected chi connectivity index (χ0v) is 20.1. The van der Waals surface area contributed by atoms with Crippen molar-refractivity contribution in [2.24, 2.45) is 0 Å². The minimum Gasteiger partial charge on any atom is -0.494 e. The Kier molecular flexibility index (Phi) is 7.38. The maximum absolute atomic E-state index is 6.34. The van der Waals surface area contributed by atoms with Crippen LogP contribution in [-0.4, -0.2) is 32.4 Å². The molecular weight excluding hydrogens is 428 g/mol. The second-order valence-corrected chi connectivity index (χ2v) is 7.94. The fourth-order valence-corrected chi connectivity index (χ4v) is 3.75. The molecule has 0 atom stereocenters. The summed E-state index contributed by atoms with van der Waals surface area (Å²) in [4.78, 5) is 4.45. The third kappa shape index (κ3) is 5.17. The van der Waals surface area contributed by atoms with Gasteiger partial charge in [0.1, 0.15) is 17.2 Å². The van der Waals surface area contributed by atoms with Crippen molar-refractivity contribution < 1.29 is 18.9 Å². The van der Waals surface area contributed by atoms with Gasteiger partial charge in [0, 0.05) is 29.9 Å². The summed E-state index contributed by atoms with van der Waals surface area (Å²) >= 11 is 0. The third-order valence-electron chi connectivity index (χ3n) is 5.81. The lowest BCUT2D eigenvalue weighted by atomic mass is 10.1. The van der Waals surface area contributed by atoms with Gasteiger partial charge in [-0.15, -0.1) is 0 Å². The standard InChI is InChI=1S/C28H30N2O4/c1-19-20(2)25(12-11-23(19)29-14-8-16-33-21-9-6-5-7-10-21)34-26-13-15-30-24-18-28(32-4)27(31-3)17-22(24)26/h5-7,9-13,15,17-18,29H,8,14,16H2,1-4H3. The molecule has 0 spiro atoms. The number of nitrogens with one attached hydrogen (secondary N) is 1. The number of hydrogen-bond donors (Lipinski definition) is 1. The van der Waals surface area contributed by atoms with Gasteiger partial charge in [0.25, 0.3) is 0 Å². The smallest absolute Gasteiger partial charge is 0.162 e. The van der Waals surface area contributed by atoms with Crippen LogP contribution in [0.2, 0.25) is 0 Å². The normalized spacial score (nSPS) is 10.7. The van der Waals surface area contributed by atoms with Crippen molar-refractivity contribution in [2.75, 3.05) is 32.7 Å². The Morgan fingerprint density at radius 1 is 0.794 bits per heavy atom. The number of ether oxygens (including phenoxy) is 4. The van der Waals surface area contributed by atoms with Crippen LogP contribution in [-0.2, 0) is 0 Å². The fraction of sp³-hybridized carbons (Fsp3) is 0.250. The van der Waals surface area contributed by atoms with E-state index in [9.17, 15) is 0 Å². The molecule has 4 aromatic rings. The topological polar surface area (TPSA) is 61.8 Å². The minimum atomic E-state index is 0.635. The van der Waals surface area contributed by atoms with Gasteiger partial charge in [0.2, 0.25) is 0 Å². The van der Waals surface area contributed by atoms with Gasteiger partial charge >= 0.3 is 0 Å². The number of aromatic nitrogens is 1. The number of nitrogens with zero attached hydrogens (tertiary/aromatic N) is 1. The number of pyridine rings is 1. The van der Waals surface area contributed by atoms with Crippen molar-refractivity contribution in [1.82, 2.24) is 4.98 Å². The van der Waals surface area contributed by atoms with Gasteiger partial charge in [0.05, 0.1) is 26.3 Å². The lowest BCUT2D eigenvalue weighted by Gasteiger charge is -2.17. The number of anilines is 1. The van der Waals surface area contributed by atoms with Crippen LogP contribution < -0.4 is 24.3 Å². The first-order valence-electron chi connectivity index (χ1n) is 11.3. The summed E-state index contributed by atoms with van der Waals surface area (Å²) in [5.74, 6) is 3.69. The Bertz CT molecular complexity index is 1260. The monoisotopic (exact) mass is 458 g/mol. The van der Waals surface area contributed by atoms with E-state index in [2.05, 4.69) is 30.2 Å². The van der Waals surface area contributed by atoms with E-state index in [1.54, 1.807) is 20.4 Å². The van der Waals surface area contributed by atoms with E-state index in [-0.39, 0.29) is 0 Å². The molecule has 3 aromatic carbocycles. The van der Waals surface area contributed by atoms with E-state index in [1.165, 1.54) is 0 Å². The highest BCUT2D eigenvalue weighted by Crippen LogP contribution is 2.38. The molecule has 0 aliphatic heterocycles. The number of hydrogen-bond acceptors (Lipinski definition) is 6. The van der Waals surface area contributed by atoms with Crippen molar-refractivity contribution in [2.45, 2.75) is 20.3 Å². The summed E-state index contributed by atoms with van der Waals surface area (Å²) in [5.41, 5.74) is 4.10. The Hall–Kier alpha value is -3.93. The molecule has 0 saturated heterocycles. The van der Waals surface area contributed by atoms with Gasteiger partial charge < -0.3 is 24.3 Å². The summed E-state index contributed by atoms with van der Waals surface area (Å²) in [6.45, 7) is 5.66. The molecule has 0 saturated carbocycles. The van der Waals surface area contributed by atoms with Crippen molar-refractivity contribution in [1.29, 1.82) is 0 Å². The highest BCUT2D eigenvalue weighted by molar-refractivity contribution is 5.88. The SMILES string of the molecule is COc1cc2nccc(Oc3ccc(NCCCOc4ccccc4)c(C)c3C)c2cc1OC. The molecule has 0 unspecified atom stereocenters. The molecule has 34 heavy (non-hydrogen) atoms. The van der Waals surface area contributed by atoms with Gasteiger partial charge in [-0.05, 0) is 67.8 Å². The second kappa shape index (κ2) is 10.8. The minimum absolute atomic E-state index is 0.635. The van der Waals surface area contributed by atoms with E-state index in [1.807, 2.05) is 54.6 Å². The molecule has 176 valence electrons. The van der Waals surface area contributed by atoms with Gasteiger partial charge in [-0.2, -0.15) is 0 Å². The number of para-hydroxylation sites is 1. The van der Waals surface area contributed by atoms with Gasteiger partial charge in [-0.3, -0.25) is 4.98 Å². The fourth-order valence-electron chi connectivity index (χ4n) is 3.75. The van der Waals surface area contributed by atoms with Gasteiger partial charge in [0.15, 0.2) is 11.5 Å². The molecule has 0 amide bonds. The van der Waals surface area contributed by atoms with Crippen molar-refractivity contribution in [3.63, 3.8) is 0 Å². The summed E-state index contributed by atoms with van der Waals surface area (Å²) in [6, 6.07) is 19.5. The lowest BCUT2D eigenvalue weighted by molar-refractivity contribution is 0.315. The predicted molar refractivity (Wildman–Crippen MR) is 136 cm³/mol. The predicted octanol–water partition coefficient (Wildman–Crippen LogP) is 6.54. The van der Waals surface area contributed by atoms with Crippen LogP contribution in [0.25, 0.3) is 10.9 Å². The molecular formula is C28H30N2O4. The number of benzene rings is 3. The molecule has 0 fully saturated rings. The van der Waals surface area contributed by atoms with Gasteiger partial charge in [-0.1, -0.05) is 18.2 Å². The van der Waals surface area contributed by atoms with Crippen LogP contribution in [0, 0.1) is 13.8 Å². The van der Waals surface area contributed by atoms with E-state index in [0.717, 1.165) is 52.2 Å². The summed E-state index contributed by atoms with van der Waals surface area (Å²) < 4.78 is 23.0. The van der Waals surface area contributed by atoms with Crippen LogP contribution >= 0.6 is 0 Å². The molecule has 0 bridgehead atoms. The molecule has 0 radical (unpaired) electrons. The summed E-state index contributed by atoms with van der Waals surface area (Å²) in [6.07, 6.45) is 2.64. The molecule has 6 nitrogen and oxygen atoms in total. The van der Waals surface area contributed by atoms with Crippen LogP contribution in [0.15, 0.2) is 66.9 Å². The maximum Gasteiger partial charge on any atom is 0.162 e. The van der Waals surface area contributed by atoms with Crippen molar-refractivity contribution in [3.8, 4) is 28.7 Å². The average molecular weight is 459 g/mol. The lowest BCUT2D eigenvalue weighted by Crippen LogP contribution is -2.08. The highest BCUT2D eigenvalue weighted by atomic mass is 16.5. The molecule has 0 aliphatic rings. The molecule has 1 N–H and O–H groups in total. The quantitative estimate of drug-likeness (QED) is 0.272. The van der Waals surface area contributed by atoms with Crippen molar-refractivity contribution in [3.05, 3.63) is 78.0 Å². The molecule has 1 aromatic heterocycles. The van der Waals surface area contributed by atoms with E-state index in [0.29, 0.717) is 23.9 Å². The Balaban J connectivity index is 1.44. The summed E-state index contributed by atoms with van der Waals surface area (Å²) in [5, 5.41) is 4.37. The van der Waals surface area contributed by atoms with Crippen LogP contribution in [0.3, 0.4) is 0 Å². The average Bonchev–Trinajstić information content (AvgIpc) is 2.87. The highest BCUT2D eigenvalue weighted by Gasteiger charge is 2.13. The largest absolute Gasteiger partial charge is 0.494 e. The first-order chi connectivity index (χ1) is 16.6. The Morgan fingerprint density at radius 2 is 1.56 bits per heavy atom.